The number of nitrogens with one attached hydrogen (secondary N) is 1. The van der Waals surface area contributed by atoms with Crippen LogP contribution < -0.4 is 5.32 Å². The molecule has 5 rings (SSSR count). The summed E-state index contributed by atoms with van der Waals surface area (Å²) in [6.07, 6.45) is 7.30. The van der Waals surface area contributed by atoms with Gasteiger partial charge in [-0.2, -0.15) is 0 Å². The third kappa shape index (κ3) is 4.72. The number of imidazole rings is 1. The van der Waals surface area contributed by atoms with E-state index < -0.39 is 5.60 Å². The summed E-state index contributed by atoms with van der Waals surface area (Å²) in [7, 11) is 2.03. The summed E-state index contributed by atoms with van der Waals surface area (Å²) in [6, 6.07) is 6.16. The van der Waals surface area contributed by atoms with Crippen LogP contribution in [0.2, 0.25) is 0 Å². The third-order valence-corrected chi connectivity index (χ3v) is 6.76. The maximum atomic E-state index is 12.8. The van der Waals surface area contributed by atoms with Crippen LogP contribution in [0.4, 0.5) is 16.3 Å². The van der Waals surface area contributed by atoms with Gasteiger partial charge in [-0.15, -0.1) is 0 Å². The second-order valence-corrected chi connectivity index (χ2v) is 10.7. The van der Waals surface area contributed by atoms with Crippen molar-refractivity contribution in [3.8, 4) is 0 Å². The van der Waals surface area contributed by atoms with Crippen molar-refractivity contribution in [1.82, 2.24) is 19.4 Å². The highest BCUT2D eigenvalue weighted by Crippen LogP contribution is 2.36. The summed E-state index contributed by atoms with van der Waals surface area (Å²) in [4.78, 5) is 21.8. The number of ether oxygens (including phenoxy) is 1. The Bertz CT molecular complexity index is 1190. The zero-order valence-corrected chi connectivity index (χ0v) is 20.9. The lowest BCUT2D eigenvalue weighted by molar-refractivity contribution is 0.0197. The Labute approximate surface area is 206 Å². The number of nitrogens with zero attached hydrogens (tertiary/aromatic N) is 5. The number of benzene rings is 1. The number of aromatic nitrogens is 2. The van der Waals surface area contributed by atoms with Crippen molar-refractivity contribution in [2.75, 3.05) is 25.5 Å². The second kappa shape index (κ2) is 8.94. The fourth-order valence-electron chi connectivity index (χ4n) is 5.12. The SMILES string of the molecule is CN1C=Cn2c(nc(C3CCCN(C(=O)OC(C)(C)C)C3)c2Nc2ccc3c(c2)CC/C3=N\O)C1. The number of fused-ring (bicyclic) bond motifs is 2. The monoisotopic (exact) mass is 478 g/mol. The molecule has 1 saturated heterocycles. The lowest BCUT2D eigenvalue weighted by Gasteiger charge is -2.34. The largest absolute Gasteiger partial charge is 0.444 e. The lowest BCUT2D eigenvalue weighted by Crippen LogP contribution is -2.42. The van der Waals surface area contributed by atoms with Crippen molar-refractivity contribution >= 4 is 29.5 Å². The van der Waals surface area contributed by atoms with Crippen LogP contribution in [-0.4, -0.2) is 62.1 Å². The highest BCUT2D eigenvalue weighted by Gasteiger charge is 2.33. The Balaban J connectivity index is 1.45. The van der Waals surface area contributed by atoms with E-state index in [1.165, 1.54) is 5.56 Å². The molecule has 1 amide bonds. The van der Waals surface area contributed by atoms with Gasteiger partial charge in [0.05, 0.1) is 18.0 Å². The van der Waals surface area contributed by atoms with Crippen LogP contribution in [-0.2, 0) is 17.7 Å². The maximum absolute atomic E-state index is 12.8. The van der Waals surface area contributed by atoms with Crippen LogP contribution in [0.15, 0.2) is 29.6 Å². The molecule has 0 saturated carbocycles. The Morgan fingerprint density at radius 1 is 1.26 bits per heavy atom. The standard InChI is InChI=1S/C26H34N6O3/c1-26(2,3)35-25(33)31-11-5-6-18(15-31)23-24(32-13-12-30(4)16-22(32)28-23)27-19-8-9-20-17(14-19)7-10-21(20)29-34/h8-9,12-14,18,27,34H,5-7,10-11,15-16H2,1-4H3/b29-21+. The van der Waals surface area contributed by atoms with Gasteiger partial charge < -0.3 is 25.1 Å². The molecule has 2 N–H and O–H groups in total. The molecule has 1 atom stereocenters. The fraction of sp³-hybridized carbons (Fsp3) is 0.500. The smallest absolute Gasteiger partial charge is 0.410 e. The summed E-state index contributed by atoms with van der Waals surface area (Å²) in [5.41, 5.74) is 4.35. The lowest BCUT2D eigenvalue weighted by atomic mass is 9.94. The highest BCUT2D eigenvalue weighted by molar-refractivity contribution is 6.04. The first kappa shape index (κ1) is 23.3. The first-order chi connectivity index (χ1) is 16.7. The number of likely N-dealkylation sites (tertiary alicyclic amines) is 1. The number of carbonyl (C=O) groups excluding carboxylic acids is 1. The van der Waals surface area contributed by atoms with Gasteiger partial charge in [0.2, 0.25) is 0 Å². The van der Waals surface area contributed by atoms with Crippen LogP contribution in [0.1, 0.15) is 68.6 Å². The minimum atomic E-state index is -0.520. The number of hydrogen-bond acceptors (Lipinski definition) is 7. The molecular formula is C26H34N6O3. The molecule has 2 aromatic rings. The average molecular weight is 479 g/mol. The van der Waals surface area contributed by atoms with Crippen LogP contribution in [0.5, 0.6) is 0 Å². The van der Waals surface area contributed by atoms with E-state index in [0.717, 1.165) is 60.0 Å². The van der Waals surface area contributed by atoms with Crippen LogP contribution in [0.25, 0.3) is 6.20 Å². The average Bonchev–Trinajstić information content (AvgIpc) is 3.38. The number of carbonyl (C=O) groups is 1. The molecular weight excluding hydrogens is 444 g/mol. The zero-order chi connectivity index (χ0) is 24.7. The van der Waals surface area contributed by atoms with Gasteiger partial charge in [0.15, 0.2) is 0 Å². The Kier molecular flexibility index (Phi) is 5.94. The van der Waals surface area contributed by atoms with Gasteiger partial charge in [-0.05, 0) is 64.2 Å². The van der Waals surface area contributed by atoms with Gasteiger partial charge in [0.25, 0.3) is 0 Å². The summed E-state index contributed by atoms with van der Waals surface area (Å²) >= 11 is 0. The highest BCUT2D eigenvalue weighted by atomic mass is 16.6. The van der Waals surface area contributed by atoms with Crippen molar-refractivity contribution in [2.45, 2.75) is 64.5 Å². The fourth-order valence-corrected chi connectivity index (χ4v) is 5.12. The Morgan fingerprint density at radius 2 is 2.09 bits per heavy atom. The molecule has 9 heteroatoms. The van der Waals surface area contributed by atoms with E-state index in [2.05, 4.69) is 26.0 Å². The minimum absolute atomic E-state index is 0.109. The molecule has 1 unspecified atom stereocenters. The van der Waals surface area contributed by atoms with Gasteiger partial charge in [-0.3, -0.25) is 4.57 Å². The molecule has 0 radical (unpaired) electrons. The van der Waals surface area contributed by atoms with E-state index in [9.17, 15) is 10.0 Å². The predicted octanol–water partition coefficient (Wildman–Crippen LogP) is 4.74. The number of anilines is 2. The maximum Gasteiger partial charge on any atom is 0.410 e. The van der Waals surface area contributed by atoms with Gasteiger partial charge in [0.1, 0.15) is 17.2 Å². The molecule has 186 valence electrons. The molecule has 3 heterocycles. The summed E-state index contributed by atoms with van der Waals surface area (Å²) in [5, 5.41) is 16.3. The molecule has 0 bridgehead atoms. The van der Waals surface area contributed by atoms with Crippen molar-refractivity contribution in [3.63, 3.8) is 0 Å². The first-order valence-corrected chi connectivity index (χ1v) is 12.3. The van der Waals surface area contributed by atoms with Crippen LogP contribution in [0, 0.1) is 0 Å². The van der Waals surface area contributed by atoms with Crippen molar-refractivity contribution in [2.24, 2.45) is 5.16 Å². The second-order valence-electron chi connectivity index (χ2n) is 10.7. The summed E-state index contributed by atoms with van der Waals surface area (Å²) in [5.74, 6) is 2.02. The molecule has 2 aliphatic heterocycles. The molecule has 0 spiro atoms. The molecule has 35 heavy (non-hydrogen) atoms. The first-order valence-electron chi connectivity index (χ1n) is 12.3. The van der Waals surface area contributed by atoms with Crippen molar-refractivity contribution in [3.05, 3.63) is 47.0 Å². The number of aryl methyl sites for hydroxylation is 1. The molecule has 9 nitrogen and oxygen atoms in total. The molecule has 3 aliphatic rings. The van der Waals surface area contributed by atoms with Gasteiger partial charge in [-0.1, -0.05) is 11.2 Å². The Morgan fingerprint density at radius 3 is 2.86 bits per heavy atom. The molecule has 1 aromatic carbocycles. The van der Waals surface area contributed by atoms with Gasteiger partial charge in [-0.25, -0.2) is 9.78 Å². The minimum Gasteiger partial charge on any atom is -0.444 e. The number of piperidine rings is 1. The number of oxime groups is 1. The Hall–Kier alpha value is -3.49. The van der Waals surface area contributed by atoms with E-state index in [0.29, 0.717) is 19.6 Å². The van der Waals surface area contributed by atoms with E-state index in [1.54, 1.807) is 0 Å². The van der Waals surface area contributed by atoms with Crippen LogP contribution >= 0.6 is 0 Å². The molecule has 1 aromatic heterocycles. The zero-order valence-electron chi connectivity index (χ0n) is 20.9. The van der Waals surface area contributed by atoms with E-state index in [1.807, 2.05) is 57.3 Å². The summed E-state index contributed by atoms with van der Waals surface area (Å²) in [6.45, 7) is 7.68. The van der Waals surface area contributed by atoms with Gasteiger partial charge >= 0.3 is 6.09 Å². The van der Waals surface area contributed by atoms with Gasteiger partial charge in [0, 0.05) is 49.7 Å². The van der Waals surface area contributed by atoms with E-state index in [4.69, 9.17) is 9.72 Å². The molecule has 1 aliphatic carbocycles. The number of rotatable bonds is 3. The third-order valence-electron chi connectivity index (χ3n) is 6.76. The molecule has 1 fully saturated rings. The normalized spacial score (nSPS) is 20.7. The van der Waals surface area contributed by atoms with E-state index >= 15 is 0 Å². The van der Waals surface area contributed by atoms with E-state index in [-0.39, 0.29) is 12.0 Å². The van der Waals surface area contributed by atoms with Crippen molar-refractivity contribution < 1.29 is 14.7 Å². The predicted molar refractivity (Wildman–Crippen MR) is 135 cm³/mol. The number of hydrogen-bond donors (Lipinski definition) is 2. The number of amides is 1. The quantitative estimate of drug-likeness (QED) is 0.489. The van der Waals surface area contributed by atoms with Crippen LogP contribution in [0.3, 0.4) is 0 Å². The topological polar surface area (TPSA) is 95.2 Å². The van der Waals surface area contributed by atoms with Crippen molar-refractivity contribution in [1.29, 1.82) is 0 Å². The summed E-state index contributed by atoms with van der Waals surface area (Å²) < 4.78 is 7.76.